The highest BCUT2D eigenvalue weighted by Crippen LogP contribution is 2.36. The third-order valence-corrected chi connectivity index (χ3v) is 9.34. The monoisotopic (exact) mass is 583 g/mol. The van der Waals surface area contributed by atoms with Crippen LogP contribution in [0.3, 0.4) is 0 Å². The molecule has 0 bridgehead atoms. The van der Waals surface area contributed by atoms with Crippen molar-refractivity contribution in [3.63, 3.8) is 0 Å². The van der Waals surface area contributed by atoms with E-state index in [-0.39, 0.29) is 18.5 Å². The third kappa shape index (κ3) is 4.52. The molecule has 1 fully saturated rings. The first kappa shape index (κ1) is 26.2. The predicted molar refractivity (Wildman–Crippen MR) is 186 cm³/mol. The molecule has 0 spiro atoms. The minimum Gasteiger partial charge on any atom is -0.367 e. The van der Waals surface area contributed by atoms with Crippen LogP contribution in [0.5, 0.6) is 0 Å². The van der Waals surface area contributed by atoms with Gasteiger partial charge in [0.15, 0.2) is 0 Å². The lowest BCUT2D eigenvalue weighted by Gasteiger charge is -2.41. The highest BCUT2D eigenvalue weighted by atomic mass is 15.4. The van der Waals surface area contributed by atoms with E-state index in [2.05, 4.69) is 171 Å². The highest BCUT2D eigenvalue weighted by Gasteiger charge is 2.31. The lowest BCUT2D eigenvalue weighted by Crippen LogP contribution is -2.60. The number of allylic oxidation sites excluding steroid dienone is 2. The third-order valence-electron chi connectivity index (χ3n) is 9.34. The minimum atomic E-state index is -0.0275. The number of nitrogens with one attached hydrogen (secondary N) is 4. The first-order chi connectivity index (χ1) is 22.3. The SMILES string of the molecule is C1=C(C2NC(c3ccccc3)NC(c3ccc4ccccc4c3)N2)CNC(n2c3ccccc3c3c4ccccc4ccc32)=C1. The van der Waals surface area contributed by atoms with Gasteiger partial charge in [0, 0.05) is 17.3 Å². The molecular weight excluding hydrogens is 550 g/mol. The van der Waals surface area contributed by atoms with Crippen molar-refractivity contribution in [2.45, 2.75) is 18.5 Å². The van der Waals surface area contributed by atoms with Crippen LogP contribution >= 0.6 is 0 Å². The molecule has 1 aromatic heterocycles. The van der Waals surface area contributed by atoms with Gasteiger partial charge in [-0.1, -0.05) is 121 Å². The molecule has 9 rings (SSSR count). The normalized spacial score (nSPS) is 20.3. The predicted octanol–water partition coefficient (Wildman–Crippen LogP) is 7.94. The van der Waals surface area contributed by atoms with Gasteiger partial charge in [-0.2, -0.15) is 0 Å². The number of hydrogen-bond donors (Lipinski definition) is 4. The smallest absolute Gasteiger partial charge is 0.111 e. The molecule has 3 heterocycles. The molecule has 3 unspecified atom stereocenters. The lowest BCUT2D eigenvalue weighted by molar-refractivity contribution is 0.220. The maximum absolute atomic E-state index is 3.87. The largest absolute Gasteiger partial charge is 0.367 e. The van der Waals surface area contributed by atoms with Crippen LogP contribution in [0.1, 0.15) is 23.5 Å². The molecule has 1 saturated heterocycles. The summed E-state index contributed by atoms with van der Waals surface area (Å²) < 4.78 is 2.37. The highest BCUT2D eigenvalue weighted by molar-refractivity contribution is 6.21. The Bertz CT molecular complexity index is 2280. The van der Waals surface area contributed by atoms with Gasteiger partial charge in [-0.15, -0.1) is 0 Å². The molecule has 2 aliphatic rings. The average Bonchev–Trinajstić information content (AvgIpc) is 3.46. The van der Waals surface area contributed by atoms with Crippen molar-refractivity contribution >= 4 is 49.2 Å². The Kier molecular flexibility index (Phi) is 6.27. The van der Waals surface area contributed by atoms with Crippen molar-refractivity contribution in [3.8, 4) is 0 Å². The number of fused-ring (bicyclic) bond motifs is 6. The molecule has 2 aliphatic heterocycles. The summed E-state index contributed by atoms with van der Waals surface area (Å²) in [5, 5.41) is 22.9. The Morgan fingerprint density at radius 1 is 0.489 bits per heavy atom. The molecule has 0 amide bonds. The summed E-state index contributed by atoms with van der Waals surface area (Å²) in [5.74, 6) is 1.08. The van der Waals surface area contributed by atoms with Gasteiger partial charge in [0.2, 0.25) is 0 Å². The van der Waals surface area contributed by atoms with Crippen molar-refractivity contribution in [2.24, 2.45) is 0 Å². The summed E-state index contributed by atoms with van der Waals surface area (Å²) in [5.41, 5.74) is 6.12. The van der Waals surface area contributed by atoms with E-state index in [1.807, 2.05) is 0 Å². The zero-order valence-corrected chi connectivity index (χ0v) is 24.7. The molecular formula is C40H33N5. The van der Waals surface area contributed by atoms with E-state index < -0.39 is 0 Å². The van der Waals surface area contributed by atoms with Crippen LogP contribution < -0.4 is 21.3 Å². The number of dihydropyridines is 1. The van der Waals surface area contributed by atoms with Crippen LogP contribution in [0.25, 0.3) is 49.2 Å². The average molecular weight is 584 g/mol. The van der Waals surface area contributed by atoms with Crippen LogP contribution in [0.4, 0.5) is 0 Å². The second-order valence-corrected chi connectivity index (χ2v) is 12.0. The van der Waals surface area contributed by atoms with Gasteiger partial charge in [0.05, 0.1) is 29.5 Å². The van der Waals surface area contributed by atoms with Crippen molar-refractivity contribution in [1.82, 2.24) is 25.8 Å². The van der Waals surface area contributed by atoms with Crippen LogP contribution in [-0.4, -0.2) is 17.3 Å². The second-order valence-electron chi connectivity index (χ2n) is 12.0. The van der Waals surface area contributed by atoms with Gasteiger partial charge < -0.3 is 5.32 Å². The Morgan fingerprint density at radius 2 is 1.16 bits per heavy atom. The van der Waals surface area contributed by atoms with E-state index in [9.17, 15) is 0 Å². The van der Waals surface area contributed by atoms with Crippen molar-refractivity contribution in [3.05, 3.63) is 162 Å². The van der Waals surface area contributed by atoms with E-state index in [0.29, 0.717) is 0 Å². The van der Waals surface area contributed by atoms with E-state index in [1.165, 1.54) is 60.1 Å². The van der Waals surface area contributed by atoms with Gasteiger partial charge in [-0.3, -0.25) is 20.5 Å². The van der Waals surface area contributed by atoms with Gasteiger partial charge in [0.1, 0.15) is 5.82 Å². The zero-order chi connectivity index (χ0) is 29.7. The Balaban J connectivity index is 1.10. The number of aromatic nitrogens is 1. The first-order valence-electron chi connectivity index (χ1n) is 15.7. The Hall–Kier alpha value is -5.20. The van der Waals surface area contributed by atoms with Gasteiger partial charge in [-0.05, 0) is 62.5 Å². The fourth-order valence-corrected chi connectivity index (χ4v) is 7.12. The number of para-hydroxylation sites is 1. The molecule has 0 radical (unpaired) electrons. The minimum absolute atomic E-state index is 0.00851. The quantitative estimate of drug-likeness (QED) is 0.170. The van der Waals surface area contributed by atoms with Crippen LogP contribution in [0, 0.1) is 0 Å². The zero-order valence-electron chi connectivity index (χ0n) is 24.7. The molecule has 45 heavy (non-hydrogen) atoms. The molecule has 5 heteroatoms. The van der Waals surface area contributed by atoms with Crippen molar-refractivity contribution in [2.75, 3.05) is 6.54 Å². The molecule has 6 aromatic carbocycles. The number of hydrogen-bond acceptors (Lipinski definition) is 4. The molecule has 7 aromatic rings. The molecule has 218 valence electrons. The number of rotatable bonds is 4. The van der Waals surface area contributed by atoms with Crippen molar-refractivity contribution < 1.29 is 0 Å². The fraction of sp³-hybridized carbons (Fsp3) is 0.100. The molecule has 4 N–H and O–H groups in total. The maximum Gasteiger partial charge on any atom is 0.111 e. The molecule has 5 nitrogen and oxygen atoms in total. The summed E-state index contributed by atoms with van der Waals surface area (Å²) in [4.78, 5) is 0. The van der Waals surface area contributed by atoms with E-state index in [1.54, 1.807) is 0 Å². The summed E-state index contributed by atoms with van der Waals surface area (Å²) >= 11 is 0. The maximum atomic E-state index is 3.87. The topological polar surface area (TPSA) is 53.0 Å². The Labute approximate surface area is 261 Å². The summed E-state index contributed by atoms with van der Waals surface area (Å²) in [6, 6.07) is 47.8. The van der Waals surface area contributed by atoms with Gasteiger partial charge >= 0.3 is 0 Å². The van der Waals surface area contributed by atoms with E-state index in [4.69, 9.17) is 0 Å². The second kappa shape index (κ2) is 10.8. The van der Waals surface area contributed by atoms with Gasteiger partial charge in [-0.25, -0.2) is 0 Å². The summed E-state index contributed by atoms with van der Waals surface area (Å²) in [6.45, 7) is 0.726. The van der Waals surface area contributed by atoms with E-state index in [0.717, 1.165) is 12.4 Å². The molecule has 0 aliphatic carbocycles. The summed E-state index contributed by atoms with van der Waals surface area (Å²) in [6.07, 6.45) is 4.45. The van der Waals surface area contributed by atoms with Crippen LogP contribution in [0.15, 0.2) is 151 Å². The number of benzene rings is 6. The first-order valence-corrected chi connectivity index (χ1v) is 15.7. The molecule has 3 atom stereocenters. The van der Waals surface area contributed by atoms with E-state index >= 15 is 0 Å². The Morgan fingerprint density at radius 3 is 1.98 bits per heavy atom. The van der Waals surface area contributed by atoms with Crippen molar-refractivity contribution in [1.29, 1.82) is 0 Å². The van der Waals surface area contributed by atoms with Crippen LogP contribution in [-0.2, 0) is 0 Å². The van der Waals surface area contributed by atoms with Gasteiger partial charge in [0.25, 0.3) is 0 Å². The van der Waals surface area contributed by atoms with Crippen LogP contribution in [0.2, 0.25) is 0 Å². The lowest BCUT2D eigenvalue weighted by atomic mass is 10.0. The standard InChI is InChI=1S/C40H33N5/c1-2-12-28(13-3-1)38-42-39(30-19-18-26-10-4-5-14-29(26)24-30)44-40(43-38)31-21-23-36(41-25-31)45-34-17-9-8-16-33(34)37-32-15-7-6-11-27(32)20-22-35(37)45/h1-24,38-44H,25H2. The summed E-state index contributed by atoms with van der Waals surface area (Å²) in [7, 11) is 0. The molecule has 0 saturated carbocycles. The fourth-order valence-electron chi connectivity index (χ4n) is 7.12. The number of nitrogens with zero attached hydrogens (tertiary/aromatic N) is 1.